The molecule has 3 aromatic carbocycles. The Morgan fingerprint density at radius 1 is 0.788 bits per heavy atom. The zero-order valence-electron chi connectivity index (χ0n) is 18.2. The first kappa shape index (κ1) is 22.4. The summed E-state index contributed by atoms with van der Waals surface area (Å²) < 4.78 is 47.2. The van der Waals surface area contributed by atoms with E-state index in [9.17, 15) is 13.2 Å². The molecule has 0 saturated heterocycles. The average Bonchev–Trinajstić information content (AvgIpc) is 2.82. The van der Waals surface area contributed by atoms with Crippen molar-refractivity contribution in [3.63, 3.8) is 0 Å². The lowest BCUT2D eigenvalue weighted by Gasteiger charge is -2.07. The van der Waals surface area contributed by atoms with Crippen molar-refractivity contribution < 1.29 is 17.9 Å². The highest BCUT2D eigenvalue weighted by atomic mass is 19.2. The second-order valence-corrected chi connectivity index (χ2v) is 7.71. The number of pyridine rings is 1. The quantitative estimate of drug-likeness (QED) is 0.230. The van der Waals surface area contributed by atoms with Crippen molar-refractivity contribution in [1.82, 2.24) is 4.98 Å². The van der Waals surface area contributed by atoms with Crippen LogP contribution in [0.5, 0.6) is 5.75 Å². The first-order valence-electron chi connectivity index (χ1n) is 10.8. The summed E-state index contributed by atoms with van der Waals surface area (Å²) in [5.41, 5.74) is 2.09. The maximum absolute atomic E-state index is 14.7. The largest absolute Gasteiger partial charge is 0.492 e. The summed E-state index contributed by atoms with van der Waals surface area (Å²) in [7, 11) is 0. The molecule has 0 atom stereocenters. The molecule has 1 aromatic heterocycles. The molecule has 0 saturated carbocycles. The molecule has 0 fully saturated rings. The molecule has 0 aliphatic rings. The normalized spacial score (nSPS) is 10.7. The average molecular weight is 445 g/mol. The highest BCUT2D eigenvalue weighted by molar-refractivity contribution is 5.84. The van der Waals surface area contributed by atoms with E-state index in [0.29, 0.717) is 39.9 Å². The molecule has 4 rings (SSSR count). The second-order valence-electron chi connectivity index (χ2n) is 7.71. The van der Waals surface area contributed by atoms with E-state index >= 15 is 0 Å². The van der Waals surface area contributed by atoms with Crippen LogP contribution < -0.4 is 4.74 Å². The zero-order valence-corrected chi connectivity index (χ0v) is 18.2. The van der Waals surface area contributed by atoms with E-state index < -0.39 is 17.5 Å². The van der Waals surface area contributed by atoms with Gasteiger partial charge in [0.1, 0.15) is 11.6 Å². The minimum absolute atomic E-state index is 0.236. The summed E-state index contributed by atoms with van der Waals surface area (Å²) in [5.74, 6) is 4.11. The molecule has 1 heterocycles. The summed E-state index contributed by atoms with van der Waals surface area (Å²) >= 11 is 0. The number of ether oxygens (including phenoxy) is 1. The van der Waals surface area contributed by atoms with Crippen molar-refractivity contribution in [2.75, 3.05) is 6.61 Å². The van der Waals surface area contributed by atoms with E-state index in [0.717, 1.165) is 31.4 Å². The smallest absolute Gasteiger partial charge is 0.159 e. The monoisotopic (exact) mass is 445 g/mol. The number of unbranched alkanes of at least 4 members (excludes halogenated alkanes) is 2. The van der Waals surface area contributed by atoms with Crippen LogP contribution in [0.4, 0.5) is 13.2 Å². The molecule has 0 unspecified atom stereocenters. The van der Waals surface area contributed by atoms with Crippen molar-refractivity contribution in [3.05, 3.63) is 95.4 Å². The molecule has 0 aliphatic carbocycles. The Labute approximate surface area is 191 Å². The predicted molar refractivity (Wildman–Crippen MR) is 124 cm³/mol. The zero-order chi connectivity index (χ0) is 23.2. The van der Waals surface area contributed by atoms with E-state index in [1.54, 1.807) is 42.6 Å². The van der Waals surface area contributed by atoms with Gasteiger partial charge in [-0.05, 0) is 65.7 Å². The number of benzene rings is 3. The van der Waals surface area contributed by atoms with Crippen molar-refractivity contribution in [2.24, 2.45) is 0 Å². The van der Waals surface area contributed by atoms with Crippen LogP contribution in [0.2, 0.25) is 0 Å². The Morgan fingerprint density at radius 2 is 1.61 bits per heavy atom. The Kier molecular flexibility index (Phi) is 6.95. The molecule has 2 nitrogen and oxygen atoms in total. The van der Waals surface area contributed by atoms with Gasteiger partial charge in [0.25, 0.3) is 0 Å². The van der Waals surface area contributed by atoms with Gasteiger partial charge >= 0.3 is 0 Å². The maximum Gasteiger partial charge on any atom is 0.159 e. The van der Waals surface area contributed by atoms with Gasteiger partial charge in [0, 0.05) is 11.1 Å². The Morgan fingerprint density at radius 3 is 2.33 bits per heavy atom. The summed E-state index contributed by atoms with van der Waals surface area (Å²) in [4.78, 5) is 4.37. The third kappa shape index (κ3) is 5.53. The summed E-state index contributed by atoms with van der Waals surface area (Å²) in [6.45, 7) is 2.79. The second kappa shape index (κ2) is 10.2. The molecule has 0 aliphatic heterocycles. The van der Waals surface area contributed by atoms with Gasteiger partial charge in [0.15, 0.2) is 11.6 Å². The molecule has 0 radical (unpaired) electrons. The van der Waals surface area contributed by atoms with Crippen molar-refractivity contribution >= 4 is 10.8 Å². The summed E-state index contributed by atoms with van der Waals surface area (Å²) in [6.07, 6.45) is 4.90. The lowest BCUT2D eigenvalue weighted by Crippen LogP contribution is -1.97. The number of halogens is 3. The van der Waals surface area contributed by atoms with Gasteiger partial charge in [0.05, 0.1) is 24.1 Å². The van der Waals surface area contributed by atoms with E-state index in [1.165, 1.54) is 6.07 Å². The van der Waals surface area contributed by atoms with Gasteiger partial charge in [0.2, 0.25) is 0 Å². The number of fused-ring (bicyclic) bond motifs is 1. The number of nitrogens with zero attached hydrogens (tertiary/aromatic N) is 1. The highest BCUT2D eigenvalue weighted by Gasteiger charge is 2.07. The van der Waals surface area contributed by atoms with Crippen LogP contribution in [-0.4, -0.2) is 11.6 Å². The van der Waals surface area contributed by atoms with Gasteiger partial charge in [-0.2, -0.15) is 0 Å². The third-order valence-corrected chi connectivity index (χ3v) is 5.24. The van der Waals surface area contributed by atoms with Crippen LogP contribution in [0.3, 0.4) is 0 Å². The van der Waals surface area contributed by atoms with Gasteiger partial charge in [-0.3, -0.25) is 4.98 Å². The molecule has 0 bridgehead atoms. The molecule has 0 spiro atoms. The lowest BCUT2D eigenvalue weighted by molar-refractivity contribution is 0.305. The van der Waals surface area contributed by atoms with Crippen LogP contribution in [0.1, 0.15) is 37.3 Å². The van der Waals surface area contributed by atoms with Crippen LogP contribution in [0, 0.1) is 29.3 Å². The van der Waals surface area contributed by atoms with Gasteiger partial charge in [-0.1, -0.05) is 43.7 Å². The molecule has 4 aromatic rings. The van der Waals surface area contributed by atoms with E-state index in [1.807, 2.05) is 6.07 Å². The topological polar surface area (TPSA) is 22.1 Å². The van der Waals surface area contributed by atoms with Gasteiger partial charge in [-0.25, -0.2) is 13.2 Å². The van der Waals surface area contributed by atoms with E-state index in [2.05, 4.69) is 23.7 Å². The van der Waals surface area contributed by atoms with Gasteiger partial charge in [-0.15, -0.1) is 0 Å². The van der Waals surface area contributed by atoms with Crippen LogP contribution in [0.15, 0.2) is 66.9 Å². The number of hydrogen-bond donors (Lipinski definition) is 0. The number of rotatable bonds is 6. The molecule has 166 valence electrons. The number of hydrogen-bond acceptors (Lipinski definition) is 2. The predicted octanol–water partition coefficient (Wildman–Crippen LogP) is 7.29. The minimum atomic E-state index is -0.918. The van der Waals surface area contributed by atoms with Crippen LogP contribution in [0.25, 0.3) is 22.0 Å². The van der Waals surface area contributed by atoms with Crippen molar-refractivity contribution in [2.45, 2.75) is 26.2 Å². The molecular weight excluding hydrogens is 423 g/mol. The van der Waals surface area contributed by atoms with Gasteiger partial charge < -0.3 is 4.74 Å². The Balaban J connectivity index is 1.49. The molecule has 0 N–H and O–H groups in total. The lowest BCUT2D eigenvalue weighted by atomic mass is 10.1. The first-order chi connectivity index (χ1) is 16.0. The standard InChI is InChI=1S/C28H22F3NO/c1-2-3-4-13-33-24-11-12-28(32-18-24)22-10-9-20(25(29)16-22)7-5-19-6-8-21-15-26(30)27(31)17-23(21)14-19/h6,8-12,14-18H,2-4,13H2,1H3. The maximum atomic E-state index is 14.7. The highest BCUT2D eigenvalue weighted by Crippen LogP contribution is 2.23. The van der Waals surface area contributed by atoms with Crippen LogP contribution in [-0.2, 0) is 0 Å². The molecule has 0 amide bonds. The Hall–Kier alpha value is -3.78. The fraction of sp³-hybridized carbons (Fsp3) is 0.179. The third-order valence-electron chi connectivity index (χ3n) is 5.24. The Bertz CT molecular complexity index is 1340. The summed E-state index contributed by atoms with van der Waals surface area (Å²) in [5, 5.41) is 1.10. The fourth-order valence-corrected chi connectivity index (χ4v) is 3.41. The SMILES string of the molecule is CCCCCOc1ccc(-c2ccc(C#Cc3ccc4cc(F)c(F)cc4c3)c(F)c2)nc1. The fourth-order valence-electron chi connectivity index (χ4n) is 3.41. The molecule has 33 heavy (non-hydrogen) atoms. The van der Waals surface area contributed by atoms with Crippen molar-refractivity contribution in [3.8, 4) is 28.8 Å². The molecule has 5 heteroatoms. The minimum Gasteiger partial charge on any atom is -0.492 e. The first-order valence-corrected chi connectivity index (χ1v) is 10.8. The number of aromatic nitrogens is 1. The van der Waals surface area contributed by atoms with Crippen LogP contribution >= 0.6 is 0 Å². The summed E-state index contributed by atoms with van der Waals surface area (Å²) in [6, 6.07) is 15.6. The van der Waals surface area contributed by atoms with Crippen molar-refractivity contribution in [1.29, 1.82) is 0 Å². The molecular formula is C28H22F3NO. The van der Waals surface area contributed by atoms with E-state index in [-0.39, 0.29) is 5.56 Å². The van der Waals surface area contributed by atoms with E-state index in [4.69, 9.17) is 4.74 Å².